The van der Waals surface area contributed by atoms with Crippen molar-refractivity contribution in [2.75, 3.05) is 19.8 Å². The molecular formula is C10H20O2. The highest BCUT2D eigenvalue weighted by molar-refractivity contribution is 4.53. The van der Waals surface area contributed by atoms with E-state index in [1.807, 2.05) is 0 Å². The monoisotopic (exact) mass is 172 g/mol. The van der Waals surface area contributed by atoms with E-state index < -0.39 is 0 Å². The zero-order valence-electron chi connectivity index (χ0n) is 8.05. The van der Waals surface area contributed by atoms with Gasteiger partial charge in [0.15, 0.2) is 0 Å². The van der Waals surface area contributed by atoms with Gasteiger partial charge in [0.25, 0.3) is 0 Å². The highest BCUT2D eigenvalue weighted by atomic mass is 16.5. The summed E-state index contributed by atoms with van der Waals surface area (Å²) in [6.45, 7) is 4.83. The van der Waals surface area contributed by atoms with Crippen LogP contribution < -0.4 is 0 Å². The summed E-state index contributed by atoms with van der Waals surface area (Å²) in [4.78, 5) is 0. The van der Waals surface area contributed by atoms with Gasteiger partial charge in [0.1, 0.15) is 0 Å². The molecule has 0 bridgehead atoms. The molecule has 1 fully saturated rings. The number of rotatable bonds is 0. The average molecular weight is 172 g/mol. The molecule has 0 radical (unpaired) electrons. The Morgan fingerprint density at radius 3 is 2.67 bits per heavy atom. The summed E-state index contributed by atoms with van der Waals surface area (Å²) in [5.41, 5.74) is 0. The fraction of sp³-hybridized carbons (Fsp3) is 1.00. The predicted molar refractivity (Wildman–Crippen MR) is 49.3 cm³/mol. The summed E-state index contributed by atoms with van der Waals surface area (Å²) in [6.07, 6.45) is 6.48. The van der Waals surface area contributed by atoms with Gasteiger partial charge in [0.2, 0.25) is 0 Å². The lowest BCUT2D eigenvalue weighted by Crippen LogP contribution is -2.09. The van der Waals surface area contributed by atoms with Crippen LogP contribution in [0.4, 0.5) is 0 Å². The molecule has 1 atom stereocenters. The van der Waals surface area contributed by atoms with Crippen molar-refractivity contribution in [2.45, 2.75) is 45.1 Å². The number of hydrogen-bond donors (Lipinski definition) is 0. The molecule has 1 aliphatic rings. The molecule has 2 heteroatoms. The van der Waals surface area contributed by atoms with Crippen LogP contribution in [0, 0.1) is 0 Å². The van der Waals surface area contributed by atoms with Crippen LogP contribution >= 0.6 is 0 Å². The molecule has 1 saturated heterocycles. The van der Waals surface area contributed by atoms with E-state index in [1.165, 1.54) is 25.7 Å². The molecule has 0 amide bonds. The van der Waals surface area contributed by atoms with Crippen molar-refractivity contribution in [3.63, 3.8) is 0 Å². The van der Waals surface area contributed by atoms with Crippen LogP contribution in [0.3, 0.4) is 0 Å². The maximum atomic E-state index is 5.59. The van der Waals surface area contributed by atoms with Gasteiger partial charge in [-0.2, -0.15) is 0 Å². The Kier molecular flexibility index (Phi) is 5.37. The predicted octanol–water partition coefficient (Wildman–Crippen LogP) is 2.37. The van der Waals surface area contributed by atoms with E-state index in [0.717, 1.165) is 26.2 Å². The minimum atomic E-state index is 0.447. The molecule has 12 heavy (non-hydrogen) atoms. The zero-order chi connectivity index (χ0) is 8.65. The molecule has 0 saturated carbocycles. The maximum Gasteiger partial charge on any atom is 0.0547 e. The highest BCUT2D eigenvalue weighted by Crippen LogP contribution is 2.08. The van der Waals surface area contributed by atoms with E-state index in [4.69, 9.17) is 9.47 Å². The maximum absolute atomic E-state index is 5.59. The van der Waals surface area contributed by atoms with Gasteiger partial charge in [-0.15, -0.1) is 0 Å². The van der Waals surface area contributed by atoms with Crippen molar-refractivity contribution in [1.29, 1.82) is 0 Å². The Hall–Kier alpha value is -0.0800. The van der Waals surface area contributed by atoms with Crippen molar-refractivity contribution >= 4 is 0 Å². The molecule has 0 aromatic carbocycles. The molecular weight excluding hydrogens is 152 g/mol. The third-order valence-electron chi connectivity index (χ3n) is 2.23. The van der Waals surface area contributed by atoms with E-state index in [-0.39, 0.29) is 0 Å². The SMILES string of the molecule is CC1CCCCCOCCCO1. The second kappa shape index (κ2) is 6.44. The molecule has 0 aromatic rings. The van der Waals surface area contributed by atoms with Crippen LogP contribution in [0.5, 0.6) is 0 Å². The minimum Gasteiger partial charge on any atom is -0.381 e. The van der Waals surface area contributed by atoms with Gasteiger partial charge in [-0.3, -0.25) is 0 Å². The summed E-state index contributed by atoms with van der Waals surface area (Å²) in [5, 5.41) is 0. The molecule has 0 N–H and O–H groups in total. The Balaban J connectivity index is 2.13. The Morgan fingerprint density at radius 1 is 0.917 bits per heavy atom. The molecule has 1 heterocycles. The average Bonchev–Trinajstić information content (AvgIpc) is 2.11. The third kappa shape index (κ3) is 4.73. The summed E-state index contributed by atoms with van der Waals surface area (Å²) in [5.74, 6) is 0. The third-order valence-corrected chi connectivity index (χ3v) is 2.23. The molecule has 1 unspecified atom stereocenters. The lowest BCUT2D eigenvalue weighted by atomic mass is 10.1. The molecule has 0 spiro atoms. The second-order valence-corrected chi connectivity index (χ2v) is 3.50. The van der Waals surface area contributed by atoms with Gasteiger partial charge in [0.05, 0.1) is 6.10 Å². The van der Waals surface area contributed by atoms with Crippen molar-refractivity contribution in [3.05, 3.63) is 0 Å². The van der Waals surface area contributed by atoms with Gasteiger partial charge in [-0.1, -0.05) is 12.8 Å². The van der Waals surface area contributed by atoms with Gasteiger partial charge in [-0.05, 0) is 26.2 Å². The quantitative estimate of drug-likeness (QED) is 0.558. The normalized spacial score (nSPS) is 29.2. The fourth-order valence-electron chi connectivity index (χ4n) is 1.44. The highest BCUT2D eigenvalue weighted by Gasteiger charge is 2.03. The first-order valence-corrected chi connectivity index (χ1v) is 5.09. The largest absolute Gasteiger partial charge is 0.381 e. The summed E-state index contributed by atoms with van der Waals surface area (Å²) >= 11 is 0. The van der Waals surface area contributed by atoms with Crippen molar-refractivity contribution in [3.8, 4) is 0 Å². The topological polar surface area (TPSA) is 18.5 Å². The first-order chi connectivity index (χ1) is 5.89. The van der Waals surface area contributed by atoms with Crippen LogP contribution in [-0.4, -0.2) is 25.9 Å². The van der Waals surface area contributed by atoms with Crippen molar-refractivity contribution < 1.29 is 9.47 Å². The summed E-state index contributed by atoms with van der Waals surface area (Å²) < 4.78 is 11.0. The molecule has 1 aliphatic heterocycles. The molecule has 1 rings (SSSR count). The van der Waals surface area contributed by atoms with Gasteiger partial charge in [-0.25, -0.2) is 0 Å². The van der Waals surface area contributed by atoms with E-state index >= 15 is 0 Å². The van der Waals surface area contributed by atoms with Gasteiger partial charge < -0.3 is 9.47 Å². The van der Waals surface area contributed by atoms with Crippen LogP contribution in [0.2, 0.25) is 0 Å². The Labute approximate surface area is 75.2 Å². The van der Waals surface area contributed by atoms with Crippen LogP contribution in [-0.2, 0) is 9.47 Å². The first-order valence-electron chi connectivity index (χ1n) is 5.09. The molecule has 0 aromatic heterocycles. The van der Waals surface area contributed by atoms with Crippen LogP contribution in [0.25, 0.3) is 0 Å². The van der Waals surface area contributed by atoms with E-state index in [1.54, 1.807) is 0 Å². The Morgan fingerprint density at radius 2 is 1.75 bits per heavy atom. The number of ether oxygens (including phenoxy) is 2. The fourth-order valence-corrected chi connectivity index (χ4v) is 1.44. The van der Waals surface area contributed by atoms with E-state index in [0.29, 0.717) is 6.10 Å². The molecule has 72 valence electrons. The van der Waals surface area contributed by atoms with Crippen LogP contribution in [0.1, 0.15) is 39.0 Å². The second-order valence-electron chi connectivity index (χ2n) is 3.50. The number of hydrogen-bond acceptors (Lipinski definition) is 2. The standard InChI is InChI=1S/C10H20O2/c1-10-6-3-2-4-7-11-8-5-9-12-10/h10H,2-9H2,1H3. The lowest BCUT2D eigenvalue weighted by molar-refractivity contribution is 0.0426. The van der Waals surface area contributed by atoms with Crippen molar-refractivity contribution in [2.24, 2.45) is 0 Å². The van der Waals surface area contributed by atoms with Gasteiger partial charge in [0, 0.05) is 19.8 Å². The summed E-state index contributed by atoms with van der Waals surface area (Å²) in [7, 11) is 0. The summed E-state index contributed by atoms with van der Waals surface area (Å²) in [6, 6.07) is 0. The van der Waals surface area contributed by atoms with E-state index in [2.05, 4.69) is 6.92 Å². The smallest absolute Gasteiger partial charge is 0.0547 e. The molecule has 2 nitrogen and oxygen atoms in total. The zero-order valence-corrected chi connectivity index (χ0v) is 8.05. The van der Waals surface area contributed by atoms with Crippen LogP contribution in [0.15, 0.2) is 0 Å². The molecule has 0 aliphatic carbocycles. The Bertz CT molecular complexity index is 92.0. The van der Waals surface area contributed by atoms with E-state index in [9.17, 15) is 0 Å². The van der Waals surface area contributed by atoms with Crippen molar-refractivity contribution in [1.82, 2.24) is 0 Å². The first kappa shape index (κ1) is 10.0. The minimum absolute atomic E-state index is 0.447. The lowest BCUT2D eigenvalue weighted by Gasteiger charge is -2.11. The van der Waals surface area contributed by atoms with Gasteiger partial charge >= 0.3 is 0 Å².